The van der Waals surface area contributed by atoms with Crippen LogP contribution in [0.25, 0.3) is 0 Å². The van der Waals surface area contributed by atoms with Crippen LogP contribution in [0.2, 0.25) is 0 Å². The molecule has 26 heavy (non-hydrogen) atoms. The van der Waals surface area contributed by atoms with Gasteiger partial charge in [0, 0.05) is 30.8 Å². The van der Waals surface area contributed by atoms with E-state index >= 15 is 0 Å². The Labute approximate surface area is 152 Å². The summed E-state index contributed by atoms with van der Waals surface area (Å²) in [6, 6.07) is 13.0. The van der Waals surface area contributed by atoms with Crippen LogP contribution in [0.5, 0.6) is 0 Å². The molecule has 2 amide bonds. The molecule has 0 aliphatic carbocycles. The number of amides is 2. The second-order valence-electron chi connectivity index (χ2n) is 6.39. The Morgan fingerprint density at radius 2 is 1.69 bits per heavy atom. The summed E-state index contributed by atoms with van der Waals surface area (Å²) in [5, 5.41) is 11.7. The number of hydrogen-bond donors (Lipinski definition) is 2. The molecule has 0 radical (unpaired) electrons. The summed E-state index contributed by atoms with van der Waals surface area (Å²) in [6.07, 6.45) is 0. The number of nitrogens with one attached hydrogen (secondary N) is 1. The average molecular weight is 354 g/mol. The van der Waals surface area contributed by atoms with Gasteiger partial charge in [-0.1, -0.05) is 32.0 Å². The second kappa shape index (κ2) is 8.29. The molecular weight excluding hydrogens is 332 g/mol. The molecule has 0 bridgehead atoms. The molecule has 0 aliphatic heterocycles. The van der Waals surface area contributed by atoms with Crippen LogP contribution in [0.4, 0.5) is 5.69 Å². The van der Waals surface area contributed by atoms with Crippen LogP contribution in [0.1, 0.15) is 40.1 Å². The van der Waals surface area contributed by atoms with Crippen LogP contribution in [-0.4, -0.2) is 34.8 Å². The maximum Gasteiger partial charge on any atom is 0.335 e. The molecule has 6 heteroatoms. The van der Waals surface area contributed by atoms with Crippen molar-refractivity contribution in [2.24, 2.45) is 5.92 Å². The predicted octanol–water partition coefficient (Wildman–Crippen LogP) is 3.25. The molecule has 0 fully saturated rings. The summed E-state index contributed by atoms with van der Waals surface area (Å²) < 4.78 is 0. The first-order valence-corrected chi connectivity index (χ1v) is 8.26. The quantitative estimate of drug-likeness (QED) is 0.834. The fourth-order valence-electron chi connectivity index (χ4n) is 2.49. The molecule has 0 saturated heterocycles. The van der Waals surface area contributed by atoms with E-state index in [0.29, 0.717) is 17.8 Å². The average Bonchev–Trinajstić information content (AvgIpc) is 2.61. The Balaban J connectivity index is 2.03. The van der Waals surface area contributed by atoms with E-state index in [1.54, 1.807) is 48.3 Å². The number of aromatic carboxylic acids is 1. The summed E-state index contributed by atoms with van der Waals surface area (Å²) >= 11 is 0. The monoisotopic (exact) mass is 354 g/mol. The normalized spacial score (nSPS) is 10.5. The zero-order valence-corrected chi connectivity index (χ0v) is 15.0. The fraction of sp³-hybridized carbons (Fsp3) is 0.250. The van der Waals surface area contributed by atoms with E-state index in [9.17, 15) is 14.4 Å². The molecule has 2 N–H and O–H groups in total. The minimum atomic E-state index is -1.05. The number of carboxylic acid groups (broad SMARTS) is 1. The summed E-state index contributed by atoms with van der Waals surface area (Å²) in [5.41, 5.74) is 1.90. The van der Waals surface area contributed by atoms with Crippen molar-refractivity contribution in [1.29, 1.82) is 0 Å². The first-order chi connectivity index (χ1) is 12.3. The highest BCUT2D eigenvalue weighted by molar-refractivity contribution is 6.04. The molecule has 2 aromatic rings. The summed E-state index contributed by atoms with van der Waals surface area (Å²) in [5.74, 6) is -1.38. The molecule has 136 valence electrons. The smallest absolute Gasteiger partial charge is 0.335 e. The van der Waals surface area contributed by atoms with Gasteiger partial charge in [-0.2, -0.15) is 0 Å². The van der Waals surface area contributed by atoms with Crippen molar-refractivity contribution >= 4 is 23.5 Å². The van der Waals surface area contributed by atoms with Gasteiger partial charge in [-0.15, -0.1) is 0 Å². The maximum atomic E-state index is 12.3. The van der Waals surface area contributed by atoms with Crippen molar-refractivity contribution in [2.75, 3.05) is 12.4 Å². The minimum Gasteiger partial charge on any atom is -0.478 e. The fourth-order valence-corrected chi connectivity index (χ4v) is 2.49. The number of anilines is 1. The van der Waals surface area contributed by atoms with Gasteiger partial charge in [0.2, 0.25) is 5.91 Å². The van der Waals surface area contributed by atoms with E-state index in [1.807, 2.05) is 13.8 Å². The van der Waals surface area contributed by atoms with Gasteiger partial charge < -0.3 is 15.3 Å². The Hall–Kier alpha value is -3.15. The van der Waals surface area contributed by atoms with E-state index in [4.69, 9.17) is 5.11 Å². The van der Waals surface area contributed by atoms with Crippen LogP contribution < -0.4 is 5.32 Å². The largest absolute Gasteiger partial charge is 0.478 e. The number of hydrogen-bond acceptors (Lipinski definition) is 3. The van der Waals surface area contributed by atoms with Gasteiger partial charge in [0.1, 0.15) is 0 Å². The molecule has 0 aliphatic rings. The maximum absolute atomic E-state index is 12.3. The number of rotatable bonds is 6. The summed E-state index contributed by atoms with van der Waals surface area (Å²) in [4.78, 5) is 36.9. The molecule has 0 atom stereocenters. The number of carboxylic acids is 1. The molecule has 6 nitrogen and oxygen atoms in total. The number of nitrogens with zero attached hydrogens (tertiary/aromatic N) is 1. The predicted molar refractivity (Wildman–Crippen MR) is 99.1 cm³/mol. The van der Waals surface area contributed by atoms with Gasteiger partial charge in [-0.3, -0.25) is 9.59 Å². The molecule has 0 unspecified atom stereocenters. The van der Waals surface area contributed by atoms with Crippen molar-refractivity contribution in [3.63, 3.8) is 0 Å². The van der Waals surface area contributed by atoms with Crippen LogP contribution in [0, 0.1) is 5.92 Å². The van der Waals surface area contributed by atoms with Crippen molar-refractivity contribution in [3.8, 4) is 0 Å². The third-order valence-electron chi connectivity index (χ3n) is 3.87. The van der Waals surface area contributed by atoms with Crippen LogP contribution in [0.3, 0.4) is 0 Å². The zero-order valence-electron chi connectivity index (χ0n) is 15.0. The van der Waals surface area contributed by atoms with Crippen molar-refractivity contribution < 1.29 is 19.5 Å². The van der Waals surface area contributed by atoms with E-state index in [2.05, 4.69) is 5.32 Å². The second-order valence-corrected chi connectivity index (χ2v) is 6.39. The topological polar surface area (TPSA) is 86.7 Å². The molecule has 2 aromatic carbocycles. The Bertz CT molecular complexity index is 813. The van der Waals surface area contributed by atoms with E-state index in [1.165, 1.54) is 12.1 Å². The third-order valence-corrected chi connectivity index (χ3v) is 3.87. The Morgan fingerprint density at radius 3 is 2.27 bits per heavy atom. The van der Waals surface area contributed by atoms with Gasteiger partial charge in [0.05, 0.1) is 5.56 Å². The van der Waals surface area contributed by atoms with Gasteiger partial charge in [0.25, 0.3) is 5.91 Å². The van der Waals surface area contributed by atoms with Crippen molar-refractivity contribution in [3.05, 3.63) is 65.2 Å². The highest BCUT2D eigenvalue weighted by atomic mass is 16.4. The van der Waals surface area contributed by atoms with Gasteiger partial charge >= 0.3 is 5.97 Å². The lowest BCUT2D eigenvalue weighted by molar-refractivity contribution is -0.133. The van der Waals surface area contributed by atoms with Crippen LogP contribution in [0.15, 0.2) is 48.5 Å². The van der Waals surface area contributed by atoms with E-state index in [-0.39, 0.29) is 23.3 Å². The SMILES string of the molecule is CC(C)C(=O)N(C)Cc1ccc(C(=O)Nc2cccc(C(=O)O)c2)cc1. The Kier molecular flexibility index (Phi) is 6.11. The molecular formula is C20H22N2O4. The Morgan fingerprint density at radius 1 is 1.04 bits per heavy atom. The highest BCUT2D eigenvalue weighted by Gasteiger charge is 2.13. The van der Waals surface area contributed by atoms with Crippen molar-refractivity contribution in [1.82, 2.24) is 4.90 Å². The van der Waals surface area contributed by atoms with Gasteiger partial charge in [-0.25, -0.2) is 4.79 Å². The van der Waals surface area contributed by atoms with Crippen LogP contribution in [-0.2, 0) is 11.3 Å². The van der Waals surface area contributed by atoms with Crippen LogP contribution >= 0.6 is 0 Å². The molecule has 0 spiro atoms. The summed E-state index contributed by atoms with van der Waals surface area (Å²) in [7, 11) is 1.75. The number of benzene rings is 2. The van der Waals surface area contributed by atoms with E-state index in [0.717, 1.165) is 5.56 Å². The third kappa shape index (κ3) is 4.92. The molecule has 0 saturated carbocycles. The standard InChI is InChI=1S/C20H22N2O4/c1-13(2)19(24)22(3)12-14-7-9-15(10-8-14)18(23)21-17-6-4-5-16(11-17)20(25)26/h4-11,13H,12H2,1-3H3,(H,21,23)(H,25,26). The number of carbonyl (C=O) groups is 3. The molecule has 0 aromatic heterocycles. The molecule has 0 heterocycles. The molecule has 2 rings (SSSR count). The lowest BCUT2D eigenvalue weighted by Gasteiger charge is -2.19. The highest BCUT2D eigenvalue weighted by Crippen LogP contribution is 2.14. The lowest BCUT2D eigenvalue weighted by Crippen LogP contribution is -2.29. The lowest BCUT2D eigenvalue weighted by atomic mass is 10.1. The first kappa shape index (κ1) is 19.2. The van der Waals surface area contributed by atoms with Crippen molar-refractivity contribution in [2.45, 2.75) is 20.4 Å². The minimum absolute atomic E-state index is 0.0603. The van der Waals surface area contributed by atoms with E-state index < -0.39 is 5.97 Å². The zero-order chi connectivity index (χ0) is 19.3. The van der Waals surface area contributed by atoms with Gasteiger partial charge in [0.15, 0.2) is 0 Å². The van der Waals surface area contributed by atoms with Gasteiger partial charge in [-0.05, 0) is 35.9 Å². The first-order valence-electron chi connectivity index (χ1n) is 8.26. The number of carbonyl (C=O) groups excluding carboxylic acids is 2. The summed E-state index contributed by atoms with van der Waals surface area (Å²) in [6.45, 7) is 4.18.